The van der Waals surface area contributed by atoms with Gasteiger partial charge in [0, 0.05) is 0 Å². The standard InChI is InChI=1S/C50H36/c1-3-33-23-28-39(31-34(33)4-2)35-24-26-36(27-25-35)40-29-30-47-48(32-40)50(44-22-12-16-38-14-6-8-18-42(38)44)46-20-10-9-19-45(46)49(47)43-21-11-15-37-13-5-7-17-41(37)43/h3-32H,1-2H3/b33-3-,34-4-. The van der Waals surface area contributed by atoms with Crippen molar-refractivity contribution >= 4 is 55.2 Å². The van der Waals surface area contributed by atoms with Crippen LogP contribution in [0.2, 0.25) is 0 Å². The zero-order chi connectivity index (χ0) is 33.6. The maximum Gasteiger partial charge on any atom is -0.00199 e. The molecule has 0 saturated carbocycles. The van der Waals surface area contributed by atoms with E-state index in [4.69, 9.17) is 0 Å². The first-order valence-corrected chi connectivity index (χ1v) is 17.5. The topological polar surface area (TPSA) is 0 Å². The van der Waals surface area contributed by atoms with E-state index in [1.54, 1.807) is 0 Å². The molecule has 0 unspecified atom stereocenters. The molecule has 236 valence electrons. The SMILES string of the molecule is C/C=c1/ccc(-c2ccc(-c3ccc4c(-c5cccc6ccccc56)c5ccccc5c(-c5cccc6ccccc56)c4c3)cc2)c/c1=C/C. The average molecular weight is 637 g/mol. The molecule has 0 saturated heterocycles. The first-order valence-electron chi connectivity index (χ1n) is 17.5. The zero-order valence-corrected chi connectivity index (χ0v) is 28.3. The Labute approximate surface area is 292 Å². The van der Waals surface area contributed by atoms with Crippen molar-refractivity contribution in [3.05, 3.63) is 180 Å². The quantitative estimate of drug-likeness (QED) is 0.169. The van der Waals surface area contributed by atoms with Crippen LogP contribution in [0, 0.1) is 0 Å². The van der Waals surface area contributed by atoms with Gasteiger partial charge in [0.1, 0.15) is 0 Å². The van der Waals surface area contributed by atoms with E-state index in [2.05, 4.69) is 196 Å². The van der Waals surface area contributed by atoms with E-state index in [1.807, 2.05) is 0 Å². The summed E-state index contributed by atoms with van der Waals surface area (Å²) in [6, 6.07) is 62.8. The van der Waals surface area contributed by atoms with Crippen LogP contribution in [0.3, 0.4) is 0 Å². The van der Waals surface area contributed by atoms with Gasteiger partial charge in [-0.15, -0.1) is 0 Å². The van der Waals surface area contributed by atoms with Crippen LogP contribution in [0.25, 0.3) is 99.7 Å². The van der Waals surface area contributed by atoms with Crippen LogP contribution < -0.4 is 10.4 Å². The summed E-state index contributed by atoms with van der Waals surface area (Å²) in [5, 5.41) is 12.6. The Hall–Kier alpha value is -6.24. The van der Waals surface area contributed by atoms with Crippen molar-refractivity contribution in [2.24, 2.45) is 0 Å². The molecule has 0 atom stereocenters. The van der Waals surface area contributed by atoms with E-state index in [9.17, 15) is 0 Å². The largest absolute Gasteiger partial charge is 0.0798 e. The molecule has 50 heavy (non-hydrogen) atoms. The molecule has 0 fully saturated rings. The average Bonchev–Trinajstić information content (AvgIpc) is 3.19. The fourth-order valence-electron chi connectivity index (χ4n) is 7.95. The molecule has 0 radical (unpaired) electrons. The van der Waals surface area contributed by atoms with E-state index < -0.39 is 0 Å². The zero-order valence-electron chi connectivity index (χ0n) is 28.3. The van der Waals surface area contributed by atoms with E-state index in [0.29, 0.717) is 0 Å². The third kappa shape index (κ3) is 4.92. The monoisotopic (exact) mass is 636 g/mol. The van der Waals surface area contributed by atoms with Crippen LogP contribution in [-0.4, -0.2) is 0 Å². The first kappa shape index (κ1) is 29.9. The molecule has 0 nitrogen and oxygen atoms in total. The smallest absolute Gasteiger partial charge is 0.00199 e. The van der Waals surface area contributed by atoms with Crippen molar-refractivity contribution in [3.8, 4) is 44.5 Å². The molecule has 0 N–H and O–H groups in total. The minimum Gasteiger partial charge on any atom is -0.0798 e. The Morgan fingerprint density at radius 3 is 1.28 bits per heavy atom. The summed E-state index contributed by atoms with van der Waals surface area (Å²) in [6.45, 7) is 4.20. The van der Waals surface area contributed by atoms with E-state index in [0.717, 1.165) is 0 Å². The van der Waals surface area contributed by atoms with Gasteiger partial charge in [-0.1, -0.05) is 170 Å². The Morgan fingerprint density at radius 1 is 0.300 bits per heavy atom. The Balaban J connectivity index is 1.33. The van der Waals surface area contributed by atoms with Gasteiger partial charge in [0.25, 0.3) is 0 Å². The van der Waals surface area contributed by atoms with Crippen molar-refractivity contribution in [1.29, 1.82) is 0 Å². The molecule has 0 aromatic heterocycles. The predicted octanol–water partition coefficient (Wildman–Crippen LogP) is 12.6. The lowest BCUT2D eigenvalue weighted by Gasteiger charge is -2.20. The molecule has 9 aromatic carbocycles. The number of rotatable bonds is 4. The van der Waals surface area contributed by atoms with Crippen molar-refractivity contribution < 1.29 is 0 Å². The highest BCUT2D eigenvalue weighted by Crippen LogP contribution is 2.47. The normalized spacial score (nSPS) is 12.4. The maximum atomic E-state index is 2.43. The second-order valence-corrected chi connectivity index (χ2v) is 13.1. The molecule has 0 amide bonds. The number of hydrogen-bond acceptors (Lipinski definition) is 0. The lowest BCUT2D eigenvalue weighted by atomic mass is 9.83. The fourth-order valence-corrected chi connectivity index (χ4v) is 7.95. The minimum atomic E-state index is 1.21. The Morgan fingerprint density at radius 2 is 0.720 bits per heavy atom. The van der Waals surface area contributed by atoms with Crippen molar-refractivity contribution in [2.75, 3.05) is 0 Å². The van der Waals surface area contributed by atoms with E-state index in [1.165, 1.54) is 98.0 Å². The maximum absolute atomic E-state index is 2.43. The number of fused-ring (bicyclic) bond motifs is 4. The van der Waals surface area contributed by atoms with Gasteiger partial charge >= 0.3 is 0 Å². The molecular weight excluding hydrogens is 601 g/mol. The summed E-state index contributed by atoms with van der Waals surface area (Å²) >= 11 is 0. The van der Waals surface area contributed by atoms with Crippen LogP contribution in [0.1, 0.15) is 13.8 Å². The summed E-state index contributed by atoms with van der Waals surface area (Å²) in [6.07, 6.45) is 4.36. The highest BCUT2D eigenvalue weighted by atomic mass is 14.2. The molecule has 9 rings (SSSR count). The third-order valence-electron chi connectivity index (χ3n) is 10.4. The van der Waals surface area contributed by atoms with Crippen LogP contribution in [0.15, 0.2) is 170 Å². The van der Waals surface area contributed by atoms with Crippen LogP contribution in [0.4, 0.5) is 0 Å². The molecule has 0 heterocycles. The van der Waals surface area contributed by atoms with Crippen molar-refractivity contribution in [1.82, 2.24) is 0 Å². The molecule has 0 aliphatic carbocycles. The molecular formula is C50H36. The van der Waals surface area contributed by atoms with Crippen LogP contribution in [0.5, 0.6) is 0 Å². The molecule has 9 aromatic rings. The summed E-state index contributed by atoms with van der Waals surface area (Å²) < 4.78 is 0. The van der Waals surface area contributed by atoms with Gasteiger partial charge in [0.15, 0.2) is 0 Å². The van der Waals surface area contributed by atoms with Crippen LogP contribution in [-0.2, 0) is 0 Å². The van der Waals surface area contributed by atoms with Crippen molar-refractivity contribution in [3.63, 3.8) is 0 Å². The molecule has 0 bridgehead atoms. The second kappa shape index (κ2) is 12.3. The summed E-state index contributed by atoms with van der Waals surface area (Å²) in [5.74, 6) is 0. The molecule has 0 aliphatic rings. The Bertz CT molecular complexity index is 2860. The lowest BCUT2D eigenvalue weighted by Crippen LogP contribution is -2.23. The van der Waals surface area contributed by atoms with Gasteiger partial charge in [0.05, 0.1) is 0 Å². The van der Waals surface area contributed by atoms with Gasteiger partial charge in [-0.05, 0) is 124 Å². The highest BCUT2D eigenvalue weighted by molar-refractivity contribution is 6.25. The van der Waals surface area contributed by atoms with Crippen LogP contribution >= 0.6 is 0 Å². The highest BCUT2D eigenvalue weighted by Gasteiger charge is 2.20. The first-order chi connectivity index (χ1) is 24.7. The lowest BCUT2D eigenvalue weighted by molar-refractivity contribution is 1.48. The van der Waals surface area contributed by atoms with Gasteiger partial charge < -0.3 is 0 Å². The van der Waals surface area contributed by atoms with E-state index in [-0.39, 0.29) is 0 Å². The van der Waals surface area contributed by atoms with Crippen molar-refractivity contribution in [2.45, 2.75) is 13.8 Å². The Kier molecular flexibility index (Phi) is 7.37. The predicted molar refractivity (Wildman–Crippen MR) is 218 cm³/mol. The summed E-state index contributed by atoms with van der Waals surface area (Å²) in [5.41, 5.74) is 9.97. The molecule has 0 heteroatoms. The van der Waals surface area contributed by atoms with Gasteiger partial charge in [0.2, 0.25) is 0 Å². The van der Waals surface area contributed by atoms with Gasteiger partial charge in [-0.2, -0.15) is 0 Å². The summed E-state index contributed by atoms with van der Waals surface area (Å²) in [7, 11) is 0. The number of benzene rings is 9. The fraction of sp³-hybridized carbons (Fsp3) is 0.0400. The minimum absolute atomic E-state index is 1.21. The van der Waals surface area contributed by atoms with Gasteiger partial charge in [-0.3, -0.25) is 0 Å². The van der Waals surface area contributed by atoms with E-state index >= 15 is 0 Å². The molecule has 0 spiro atoms. The third-order valence-corrected chi connectivity index (χ3v) is 10.4. The molecule has 0 aliphatic heterocycles. The van der Waals surface area contributed by atoms with Gasteiger partial charge in [-0.25, -0.2) is 0 Å². The summed E-state index contributed by atoms with van der Waals surface area (Å²) in [4.78, 5) is 0. The number of hydrogen-bond donors (Lipinski definition) is 0. The second-order valence-electron chi connectivity index (χ2n) is 13.1.